The van der Waals surface area contributed by atoms with E-state index in [1.807, 2.05) is 6.92 Å². The lowest BCUT2D eigenvalue weighted by Gasteiger charge is -2.06. The van der Waals surface area contributed by atoms with Gasteiger partial charge in [0, 0.05) is 17.5 Å². The number of fused-ring (bicyclic) bond motifs is 1. The highest BCUT2D eigenvalue weighted by molar-refractivity contribution is 7.11. The summed E-state index contributed by atoms with van der Waals surface area (Å²) in [5.74, 6) is -0.696. The summed E-state index contributed by atoms with van der Waals surface area (Å²) in [4.78, 5) is 29.8. The van der Waals surface area contributed by atoms with E-state index in [1.54, 1.807) is 11.3 Å². The quantitative estimate of drug-likeness (QED) is 0.722. The summed E-state index contributed by atoms with van der Waals surface area (Å²) < 4.78 is 1.37. The van der Waals surface area contributed by atoms with Gasteiger partial charge in [-0.15, -0.1) is 11.3 Å². The maximum Gasteiger partial charge on any atom is 0.272 e. The minimum Gasteiger partial charge on any atom is -0.389 e. The molecule has 1 atom stereocenters. The van der Waals surface area contributed by atoms with Crippen LogP contribution in [0.25, 0.3) is 0 Å². The topological polar surface area (TPSA) is 109 Å². The van der Waals surface area contributed by atoms with Crippen molar-refractivity contribution in [2.45, 2.75) is 45.9 Å². The number of aryl methyl sites for hydroxylation is 2. The summed E-state index contributed by atoms with van der Waals surface area (Å²) in [6, 6.07) is 1.45. The summed E-state index contributed by atoms with van der Waals surface area (Å²) in [6.07, 6.45) is 1.25. The van der Waals surface area contributed by atoms with Crippen LogP contribution in [0.3, 0.4) is 0 Å². The molecular formula is C16H21N5O3S. The van der Waals surface area contributed by atoms with Crippen LogP contribution in [0.4, 0.5) is 0 Å². The second-order valence-corrected chi connectivity index (χ2v) is 7.18. The summed E-state index contributed by atoms with van der Waals surface area (Å²) in [5, 5.41) is 20.4. The molecule has 3 N–H and O–H groups in total. The first-order chi connectivity index (χ1) is 12.0. The number of hydrogen-bond acceptors (Lipinski definition) is 6. The molecule has 8 nitrogen and oxygen atoms in total. The first kappa shape index (κ1) is 17.6. The monoisotopic (exact) mass is 363 g/mol. The van der Waals surface area contributed by atoms with Crippen LogP contribution in [0.2, 0.25) is 0 Å². The molecule has 1 unspecified atom stereocenters. The first-order valence-corrected chi connectivity index (χ1v) is 9.07. The normalized spacial score (nSPS) is 16.9. The van der Waals surface area contributed by atoms with Crippen LogP contribution in [0.15, 0.2) is 6.07 Å². The Kier molecular flexibility index (Phi) is 5.14. The SMILES string of the molecule is CCCc1nc(C)c(CNC(=O)c2cc3n(n2)CC(O)CNC3=O)s1. The average molecular weight is 363 g/mol. The summed E-state index contributed by atoms with van der Waals surface area (Å²) in [6.45, 7) is 4.77. The molecule has 0 bridgehead atoms. The maximum absolute atomic E-state index is 12.4. The van der Waals surface area contributed by atoms with E-state index in [4.69, 9.17) is 0 Å². The number of aromatic nitrogens is 3. The molecule has 0 saturated carbocycles. The Labute approximate surface area is 149 Å². The molecule has 25 heavy (non-hydrogen) atoms. The predicted molar refractivity (Wildman–Crippen MR) is 92.6 cm³/mol. The summed E-state index contributed by atoms with van der Waals surface area (Å²) in [7, 11) is 0. The lowest BCUT2D eigenvalue weighted by atomic mass is 10.3. The molecule has 2 aromatic rings. The van der Waals surface area contributed by atoms with Crippen LogP contribution in [-0.4, -0.2) is 44.3 Å². The highest BCUT2D eigenvalue weighted by Gasteiger charge is 2.24. The van der Waals surface area contributed by atoms with Crippen LogP contribution >= 0.6 is 11.3 Å². The van der Waals surface area contributed by atoms with Crippen LogP contribution in [0.5, 0.6) is 0 Å². The van der Waals surface area contributed by atoms with Crippen molar-refractivity contribution < 1.29 is 14.7 Å². The molecule has 0 fully saturated rings. The molecule has 134 valence electrons. The van der Waals surface area contributed by atoms with Gasteiger partial charge < -0.3 is 15.7 Å². The predicted octanol–water partition coefficient (Wildman–Crippen LogP) is 0.635. The number of nitrogens with one attached hydrogen (secondary N) is 2. The van der Waals surface area contributed by atoms with Crippen molar-refractivity contribution >= 4 is 23.2 Å². The number of aliphatic hydroxyl groups is 1. The minimum absolute atomic E-state index is 0.162. The second-order valence-electron chi connectivity index (χ2n) is 6.01. The van der Waals surface area contributed by atoms with E-state index in [9.17, 15) is 14.7 Å². The van der Waals surface area contributed by atoms with E-state index in [0.717, 1.165) is 28.4 Å². The van der Waals surface area contributed by atoms with Crippen LogP contribution in [-0.2, 0) is 19.5 Å². The third kappa shape index (κ3) is 3.88. The Hall–Kier alpha value is -2.26. The number of aliphatic hydroxyl groups excluding tert-OH is 1. The summed E-state index contributed by atoms with van der Waals surface area (Å²) >= 11 is 1.60. The van der Waals surface area contributed by atoms with E-state index < -0.39 is 6.10 Å². The molecule has 3 heterocycles. The zero-order chi connectivity index (χ0) is 18.0. The highest BCUT2D eigenvalue weighted by Crippen LogP contribution is 2.19. The Morgan fingerprint density at radius 3 is 3.12 bits per heavy atom. The Morgan fingerprint density at radius 2 is 2.36 bits per heavy atom. The molecule has 3 rings (SSSR count). The van der Waals surface area contributed by atoms with Gasteiger partial charge in [-0.1, -0.05) is 6.92 Å². The molecule has 0 spiro atoms. The number of β-amino-alcohol motifs (C(OH)–C–C–N with tert-alkyl or cyclic N) is 1. The smallest absolute Gasteiger partial charge is 0.272 e. The van der Waals surface area contributed by atoms with Crippen molar-refractivity contribution in [3.63, 3.8) is 0 Å². The lowest BCUT2D eigenvalue weighted by Crippen LogP contribution is -2.30. The maximum atomic E-state index is 12.4. The van der Waals surface area contributed by atoms with Crippen molar-refractivity contribution in [3.05, 3.63) is 33.0 Å². The van der Waals surface area contributed by atoms with Crippen molar-refractivity contribution in [3.8, 4) is 0 Å². The third-order valence-corrected chi connectivity index (χ3v) is 5.15. The number of thiazole rings is 1. The van der Waals surface area contributed by atoms with Crippen molar-refractivity contribution in [1.82, 2.24) is 25.4 Å². The molecule has 2 amide bonds. The van der Waals surface area contributed by atoms with Gasteiger partial charge in [-0.2, -0.15) is 5.10 Å². The Balaban J connectivity index is 1.69. The number of amides is 2. The van der Waals surface area contributed by atoms with Gasteiger partial charge in [0.25, 0.3) is 11.8 Å². The first-order valence-electron chi connectivity index (χ1n) is 8.25. The molecule has 1 aliphatic rings. The van der Waals surface area contributed by atoms with Gasteiger partial charge in [-0.25, -0.2) is 4.98 Å². The summed E-state index contributed by atoms with van der Waals surface area (Å²) in [5.41, 5.74) is 1.37. The van der Waals surface area contributed by atoms with E-state index in [2.05, 4.69) is 27.6 Å². The molecule has 0 aromatic carbocycles. The zero-order valence-electron chi connectivity index (χ0n) is 14.2. The molecular weight excluding hydrogens is 342 g/mol. The van der Waals surface area contributed by atoms with Crippen molar-refractivity contribution in [2.75, 3.05) is 6.54 Å². The average Bonchev–Trinajstić information content (AvgIpc) is 3.11. The minimum atomic E-state index is -0.724. The van der Waals surface area contributed by atoms with Crippen LogP contribution in [0, 0.1) is 6.92 Å². The molecule has 2 aromatic heterocycles. The highest BCUT2D eigenvalue weighted by atomic mass is 32.1. The second kappa shape index (κ2) is 7.32. The fourth-order valence-electron chi connectivity index (χ4n) is 2.64. The Bertz CT molecular complexity index is 798. The molecule has 9 heteroatoms. The third-order valence-electron chi connectivity index (χ3n) is 3.94. The fraction of sp³-hybridized carbons (Fsp3) is 0.500. The van der Waals surface area contributed by atoms with Gasteiger partial charge in [0.2, 0.25) is 0 Å². The molecule has 0 radical (unpaired) electrons. The van der Waals surface area contributed by atoms with E-state index in [-0.39, 0.29) is 36.3 Å². The van der Waals surface area contributed by atoms with Gasteiger partial charge in [-0.3, -0.25) is 14.3 Å². The standard InChI is InChI=1S/C16H21N5O3S/c1-3-4-14-19-9(2)13(25-14)7-18-15(23)11-5-12-16(24)17-6-10(22)8-21(12)20-11/h5,10,22H,3-4,6-8H2,1-2H3,(H,17,24)(H,18,23). The van der Waals surface area contributed by atoms with E-state index >= 15 is 0 Å². The van der Waals surface area contributed by atoms with Crippen LogP contribution in [0.1, 0.15) is 49.9 Å². The zero-order valence-corrected chi connectivity index (χ0v) is 15.0. The number of rotatable bonds is 5. The molecule has 0 saturated heterocycles. The number of carbonyl (C=O) groups excluding carboxylic acids is 2. The lowest BCUT2D eigenvalue weighted by molar-refractivity contribution is 0.0931. The number of hydrogen-bond donors (Lipinski definition) is 3. The van der Waals surface area contributed by atoms with Gasteiger partial charge in [0.15, 0.2) is 5.69 Å². The van der Waals surface area contributed by atoms with Gasteiger partial charge in [0.1, 0.15) is 5.69 Å². The van der Waals surface area contributed by atoms with Gasteiger partial charge in [-0.05, 0) is 19.8 Å². The Morgan fingerprint density at radius 1 is 1.56 bits per heavy atom. The number of nitrogens with zero attached hydrogens (tertiary/aromatic N) is 3. The van der Waals surface area contributed by atoms with Crippen molar-refractivity contribution in [1.29, 1.82) is 0 Å². The number of carbonyl (C=O) groups is 2. The van der Waals surface area contributed by atoms with E-state index in [0.29, 0.717) is 6.54 Å². The van der Waals surface area contributed by atoms with Gasteiger partial charge >= 0.3 is 0 Å². The largest absolute Gasteiger partial charge is 0.389 e. The van der Waals surface area contributed by atoms with Crippen molar-refractivity contribution in [2.24, 2.45) is 0 Å². The fourth-order valence-corrected chi connectivity index (χ4v) is 3.75. The molecule has 0 aliphatic carbocycles. The van der Waals surface area contributed by atoms with Crippen LogP contribution < -0.4 is 10.6 Å². The van der Waals surface area contributed by atoms with Gasteiger partial charge in [0.05, 0.1) is 29.9 Å². The van der Waals surface area contributed by atoms with E-state index in [1.165, 1.54) is 10.7 Å². The molecule has 1 aliphatic heterocycles.